The highest BCUT2D eigenvalue weighted by molar-refractivity contribution is 6.31. The van der Waals surface area contributed by atoms with Crippen molar-refractivity contribution >= 4 is 11.6 Å². The molecule has 1 fully saturated rings. The molecule has 0 amide bonds. The smallest absolute Gasteiger partial charge is 0.0834 e. The van der Waals surface area contributed by atoms with Crippen LogP contribution < -0.4 is 5.73 Å². The molecule has 0 saturated carbocycles. The first kappa shape index (κ1) is 11.9. The van der Waals surface area contributed by atoms with E-state index in [0.29, 0.717) is 23.7 Å². The maximum absolute atomic E-state index is 6.26. The summed E-state index contributed by atoms with van der Waals surface area (Å²) in [6, 6.07) is -0.0834. The summed E-state index contributed by atoms with van der Waals surface area (Å²) >= 11 is 6.13. The van der Waals surface area contributed by atoms with Crippen molar-refractivity contribution in [1.82, 2.24) is 9.78 Å². The first-order chi connectivity index (χ1) is 7.63. The van der Waals surface area contributed by atoms with Crippen molar-refractivity contribution in [2.24, 2.45) is 11.7 Å². The number of nitrogens with two attached hydrogens (primary N) is 1. The second-order valence-electron chi connectivity index (χ2n) is 4.36. The molecule has 90 valence electrons. The van der Waals surface area contributed by atoms with Crippen LogP contribution in [0.5, 0.6) is 0 Å². The summed E-state index contributed by atoms with van der Waals surface area (Å²) < 4.78 is 7.42. The Morgan fingerprint density at radius 2 is 2.50 bits per heavy atom. The molecule has 3 unspecified atom stereocenters. The second kappa shape index (κ2) is 4.73. The van der Waals surface area contributed by atoms with Gasteiger partial charge in [0.2, 0.25) is 0 Å². The fourth-order valence-corrected chi connectivity index (χ4v) is 2.55. The molecule has 1 saturated heterocycles. The summed E-state index contributed by atoms with van der Waals surface area (Å²) in [5.74, 6) is 0.342. The number of nitrogens with zero attached hydrogens (tertiary/aromatic N) is 2. The van der Waals surface area contributed by atoms with E-state index >= 15 is 0 Å². The summed E-state index contributed by atoms with van der Waals surface area (Å²) in [5, 5.41) is 4.87. The molecule has 2 N–H and O–H groups in total. The third kappa shape index (κ3) is 2.10. The number of hydrogen-bond donors (Lipinski definition) is 1. The Bertz CT molecular complexity index is 366. The van der Waals surface area contributed by atoms with Gasteiger partial charge < -0.3 is 10.5 Å². The van der Waals surface area contributed by atoms with Crippen LogP contribution in [0.2, 0.25) is 5.02 Å². The molecule has 16 heavy (non-hydrogen) atoms. The molecule has 2 rings (SSSR count). The summed E-state index contributed by atoms with van der Waals surface area (Å²) in [7, 11) is 0. The van der Waals surface area contributed by atoms with E-state index in [-0.39, 0.29) is 6.04 Å². The van der Waals surface area contributed by atoms with Crippen molar-refractivity contribution in [3.8, 4) is 0 Å². The highest BCUT2D eigenvalue weighted by Crippen LogP contribution is 2.33. The fraction of sp³-hybridized carbons (Fsp3) is 0.727. The molecule has 0 radical (unpaired) electrons. The van der Waals surface area contributed by atoms with E-state index in [1.165, 1.54) is 0 Å². The Balaban J connectivity index is 2.19. The van der Waals surface area contributed by atoms with Gasteiger partial charge in [-0.25, -0.2) is 0 Å². The van der Waals surface area contributed by atoms with E-state index in [0.717, 1.165) is 18.7 Å². The molecule has 0 aromatic carbocycles. The molecule has 0 aliphatic carbocycles. The van der Waals surface area contributed by atoms with Crippen LogP contribution >= 0.6 is 11.6 Å². The number of hydrogen-bond acceptors (Lipinski definition) is 3. The number of rotatable bonds is 3. The number of aromatic nitrogens is 2. The van der Waals surface area contributed by atoms with Gasteiger partial charge in [-0.1, -0.05) is 11.6 Å². The third-order valence-electron chi connectivity index (χ3n) is 3.19. The van der Waals surface area contributed by atoms with Crippen molar-refractivity contribution in [2.75, 3.05) is 6.61 Å². The molecule has 1 aromatic rings. The lowest BCUT2D eigenvalue weighted by molar-refractivity contribution is 0.118. The SMILES string of the molecule is CCn1ncc(Cl)c1C(N)C1COC(C)C1. The van der Waals surface area contributed by atoms with E-state index < -0.39 is 0 Å². The molecule has 1 aliphatic heterocycles. The highest BCUT2D eigenvalue weighted by atomic mass is 35.5. The van der Waals surface area contributed by atoms with Crippen molar-refractivity contribution < 1.29 is 4.74 Å². The van der Waals surface area contributed by atoms with Gasteiger partial charge in [0.05, 0.1) is 35.7 Å². The Labute approximate surface area is 101 Å². The molecule has 4 nitrogen and oxygen atoms in total. The van der Waals surface area contributed by atoms with Crippen molar-refractivity contribution in [2.45, 2.75) is 39.0 Å². The summed E-state index contributed by atoms with van der Waals surface area (Å²) in [6.07, 6.45) is 2.96. The largest absolute Gasteiger partial charge is 0.378 e. The van der Waals surface area contributed by atoms with E-state index in [4.69, 9.17) is 22.1 Å². The predicted molar refractivity (Wildman–Crippen MR) is 63.4 cm³/mol. The summed E-state index contributed by atoms with van der Waals surface area (Å²) in [6.45, 7) is 5.62. The van der Waals surface area contributed by atoms with Crippen LogP contribution in [-0.2, 0) is 11.3 Å². The van der Waals surface area contributed by atoms with Crippen LogP contribution in [0.25, 0.3) is 0 Å². The van der Waals surface area contributed by atoms with Crippen LogP contribution in [0.15, 0.2) is 6.20 Å². The summed E-state index contributed by atoms with van der Waals surface area (Å²) in [4.78, 5) is 0. The third-order valence-corrected chi connectivity index (χ3v) is 3.48. The van der Waals surface area contributed by atoms with Gasteiger partial charge in [0.25, 0.3) is 0 Å². The highest BCUT2D eigenvalue weighted by Gasteiger charge is 2.31. The van der Waals surface area contributed by atoms with E-state index in [9.17, 15) is 0 Å². The lowest BCUT2D eigenvalue weighted by Gasteiger charge is -2.19. The number of aryl methyl sites for hydroxylation is 1. The van der Waals surface area contributed by atoms with Crippen molar-refractivity contribution in [1.29, 1.82) is 0 Å². The van der Waals surface area contributed by atoms with Gasteiger partial charge >= 0.3 is 0 Å². The molecule has 0 spiro atoms. The quantitative estimate of drug-likeness (QED) is 0.883. The Morgan fingerprint density at radius 3 is 3.06 bits per heavy atom. The Kier molecular flexibility index (Phi) is 3.52. The van der Waals surface area contributed by atoms with Gasteiger partial charge in [-0.05, 0) is 20.3 Å². The molecule has 1 aliphatic rings. The van der Waals surface area contributed by atoms with Crippen LogP contribution in [0, 0.1) is 5.92 Å². The molecule has 2 heterocycles. The van der Waals surface area contributed by atoms with Crippen LogP contribution in [0.4, 0.5) is 0 Å². The topological polar surface area (TPSA) is 53.1 Å². The zero-order chi connectivity index (χ0) is 11.7. The number of ether oxygens (including phenoxy) is 1. The zero-order valence-electron chi connectivity index (χ0n) is 9.69. The van der Waals surface area contributed by atoms with Crippen molar-refractivity contribution in [3.63, 3.8) is 0 Å². The fourth-order valence-electron chi connectivity index (χ4n) is 2.28. The van der Waals surface area contributed by atoms with Crippen LogP contribution in [0.1, 0.15) is 32.0 Å². The maximum Gasteiger partial charge on any atom is 0.0834 e. The number of halogens is 1. The first-order valence-corrected chi connectivity index (χ1v) is 6.09. The summed E-state index contributed by atoms with van der Waals surface area (Å²) in [5.41, 5.74) is 7.20. The van der Waals surface area contributed by atoms with Crippen molar-refractivity contribution in [3.05, 3.63) is 16.9 Å². The van der Waals surface area contributed by atoms with Crippen LogP contribution in [0.3, 0.4) is 0 Å². The monoisotopic (exact) mass is 243 g/mol. The molecule has 1 aromatic heterocycles. The molecular weight excluding hydrogens is 226 g/mol. The standard InChI is InChI=1S/C11H18ClN3O/c1-3-15-11(9(12)5-14-15)10(13)8-4-7(2)16-6-8/h5,7-8,10H,3-4,6,13H2,1-2H3. The van der Waals surface area contributed by atoms with E-state index in [1.807, 2.05) is 11.6 Å². The van der Waals surface area contributed by atoms with Gasteiger partial charge in [-0.15, -0.1) is 0 Å². The molecule has 5 heteroatoms. The minimum atomic E-state index is -0.0834. The van der Waals surface area contributed by atoms with E-state index in [1.54, 1.807) is 6.20 Å². The first-order valence-electron chi connectivity index (χ1n) is 5.71. The molecule has 0 bridgehead atoms. The van der Waals surface area contributed by atoms with Gasteiger partial charge in [-0.3, -0.25) is 4.68 Å². The van der Waals surface area contributed by atoms with Crippen LogP contribution in [-0.4, -0.2) is 22.5 Å². The lowest BCUT2D eigenvalue weighted by atomic mass is 9.95. The van der Waals surface area contributed by atoms with E-state index in [2.05, 4.69) is 12.0 Å². The van der Waals surface area contributed by atoms with Gasteiger partial charge in [0.15, 0.2) is 0 Å². The average molecular weight is 244 g/mol. The minimum Gasteiger partial charge on any atom is -0.378 e. The molecular formula is C11H18ClN3O. The average Bonchev–Trinajstić information content (AvgIpc) is 2.83. The lowest BCUT2D eigenvalue weighted by Crippen LogP contribution is -2.25. The molecule has 3 atom stereocenters. The normalized spacial score (nSPS) is 27.2. The predicted octanol–water partition coefficient (Wildman–Crippen LogP) is 1.98. The Hall–Kier alpha value is -0.580. The second-order valence-corrected chi connectivity index (χ2v) is 4.77. The van der Waals surface area contributed by atoms with Gasteiger partial charge in [-0.2, -0.15) is 5.10 Å². The van der Waals surface area contributed by atoms with Gasteiger partial charge in [0.1, 0.15) is 0 Å². The van der Waals surface area contributed by atoms with Gasteiger partial charge in [0, 0.05) is 12.5 Å². The minimum absolute atomic E-state index is 0.0834. The zero-order valence-corrected chi connectivity index (χ0v) is 10.4. The Morgan fingerprint density at radius 1 is 1.75 bits per heavy atom. The maximum atomic E-state index is 6.26.